The van der Waals surface area contributed by atoms with Crippen molar-refractivity contribution in [2.45, 2.75) is 19.8 Å². The molecule has 1 N–H and O–H groups in total. The van der Waals surface area contributed by atoms with Crippen molar-refractivity contribution in [1.82, 2.24) is 9.97 Å². The highest BCUT2D eigenvalue weighted by atomic mass is 16.3. The molecule has 4 rings (SSSR count). The Morgan fingerprint density at radius 1 is 0.966 bits per heavy atom. The van der Waals surface area contributed by atoms with Crippen LogP contribution in [0.3, 0.4) is 0 Å². The molecule has 0 bridgehead atoms. The maximum atomic E-state index is 12.2. The van der Waals surface area contributed by atoms with Gasteiger partial charge in [0, 0.05) is 48.1 Å². The van der Waals surface area contributed by atoms with Crippen LogP contribution < -0.4 is 5.32 Å². The van der Waals surface area contributed by atoms with E-state index in [0.717, 1.165) is 11.1 Å². The number of ketones is 1. The van der Waals surface area contributed by atoms with Gasteiger partial charge in [0.15, 0.2) is 11.4 Å². The zero-order valence-corrected chi connectivity index (χ0v) is 15.9. The molecule has 1 amide bonds. The lowest BCUT2D eigenvalue weighted by Gasteiger charge is -2.05. The number of hydrogen-bond acceptors (Lipinski definition) is 5. The molecule has 0 atom stereocenters. The van der Waals surface area contributed by atoms with Crippen molar-refractivity contribution in [3.63, 3.8) is 0 Å². The van der Waals surface area contributed by atoms with Gasteiger partial charge >= 0.3 is 0 Å². The van der Waals surface area contributed by atoms with Gasteiger partial charge in [-0.2, -0.15) is 0 Å². The Morgan fingerprint density at radius 3 is 2.48 bits per heavy atom. The number of carbonyl (C=O) groups excluding carboxylic acids is 2. The Labute approximate surface area is 167 Å². The van der Waals surface area contributed by atoms with Crippen molar-refractivity contribution in [3.05, 3.63) is 78.1 Å². The van der Waals surface area contributed by atoms with E-state index in [-0.39, 0.29) is 24.5 Å². The standard InChI is InChI=1S/C23H19N3O3/c1-15-2-4-16(5-3-15)20(27)8-9-22(28)25-18-6-7-19-21(14-18)29-23(26-19)17-10-12-24-13-11-17/h2-7,10-14H,8-9H2,1H3,(H,25,28). The summed E-state index contributed by atoms with van der Waals surface area (Å²) >= 11 is 0. The minimum Gasteiger partial charge on any atom is -0.436 e. The Balaban J connectivity index is 1.40. The van der Waals surface area contributed by atoms with Gasteiger partial charge < -0.3 is 9.73 Å². The summed E-state index contributed by atoms with van der Waals surface area (Å²) in [5.74, 6) is 0.223. The first kappa shape index (κ1) is 18.6. The van der Waals surface area contributed by atoms with Gasteiger partial charge in [-0.3, -0.25) is 14.6 Å². The largest absolute Gasteiger partial charge is 0.436 e. The van der Waals surface area contributed by atoms with Gasteiger partial charge in [-0.25, -0.2) is 4.98 Å². The highest BCUT2D eigenvalue weighted by molar-refractivity contribution is 6.00. The third-order valence-electron chi connectivity index (χ3n) is 4.55. The number of fused-ring (bicyclic) bond motifs is 1. The minimum absolute atomic E-state index is 0.0483. The molecule has 29 heavy (non-hydrogen) atoms. The molecule has 6 nitrogen and oxygen atoms in total. The molecule has 0 radical (unpaired) electrons. The van der Waals surface area contributed by atoms with E-state index < -0.39 is 0 Å². The molecule has 0 spiro atoms. The SMILES string of the molecule is Cc1ccc(C(=O)CCC(=O)Nc2ccc3nc(-c4ccncc4)oc3c2)cc1. The molecular formula is C23H19N3O3. The summed E-state index contributed by atoms with van der Waals surface area (Å²) < 4.78 is 5.80. The number of nitrogens with one attached hydrogen (secondary N) is 1. The number of amides is 1. The van der Waals surface area contributed by atoms with Crippen molar-refractivity contribution in [2.24, 2.45) is 0 Å². The van der Waals surface area contributed by atoms with Crippen LogP contribution in [0.25, 0.3) is 22.6 Å². The molecule has 144 valence electrons. The van der Waals surface area contributed by atoms with E-state index in [1.807, 2.05) is 31.2 Å². The van der Waals surface area contributed by atoms with Crippen molar-refractivity contribution in [2.75, 3.05) is 5.32 Å². The number of anilines is 1. The van der Waals surface area contributed by atoms with Gasteiger partial charge in [0.05, 0.1) is 0 Å². The average molecular weight is 385 g/mol. The van der Waals surface area contributed by atoms with Crippen LogP contribution in [0, 0.1) is 6.92 Å². The normalized spacial score (nSPS) is 10.8. The quantitative estimate of drug-likeness (QED) is 0.482. The monoisotopic (exact) mass is 385 g/mol. The second-order valence-electron chi connectivity index (χ2n) is 6.77. The first-order valence-corrected chi connectivity index (χ1v) is 9.29. The third-order valence-corrected chi connectivity index (χ3v) is 4.55. The molecule has 0 fully saturated rings. The Bertz CT molecular complexity index is 1170. The molecule has 0 aliphatic heterocycles. The molecule has 0 saturated carbocycles. The Morgan fingerprint density at radius 2 is 1.72 bits per heavy atom. The number of hydrogen-bond donors (Lipinski definition) is 1. The van der Waals surface area contributed by atoms with Gasteiger partial charge in [-0.05, 0) is 31.2 Å². The van der Waals surface area contributed by atoms with E-state index in [2.05, 4.69) is 15.3 Å². The summed E-state index contributed by atoms with van der Waals surface area (Å²) in [5.41, 5.74) is 4.41. The van der Waals surface area contributed by atoms with Gasteiger partial charge in [0.1, 0.15) is 5.52 Å². The van der Waals surface area contributed by atoms with Crippen LogP contribution in [0.5, 0.6) is 0 Å². The fraction of sp³-hybridized carbons (Fsp3) is 0.130. The van der Waals surface area contributed by atoms with Crippen LogP contribution >= 0.6 is 0 Å². The summed E-state index contributed by atoms with van der Waals surface area (Å²) in [7, 11) is 0. The molecule has 2 heterocycles. The van der Waals surface area contributed by atoms with Gasteiger partial charge in [0.2, 0.25) is 11.8 Å². The zero-order chi connectivity index (χ0) is 20.2. The first-order chi connectivity index (χ1) is 14.1. The molecule has 6 heteroatoms. The molecular weight excluding hydrogens is 366 g/mol. The number of aromatic nitrogens is 2. The Hall–Kier alpha value is -3.80. The fourth-order valence-electron chi connectivity index (χ4n) is 2.95. The molecule has 0 saturated heterocycles. The second-order valence-corrected chi connectivity index (χ2v) is 6.77. The van der Waals surface area contributed by atoms with Crippen molar-refractivity contribution >= 4 is 28.5 Å². The number of benzene rings is 2. The number of rotatable bonds is 6. The highest BCUT2D eigenvalue weighted by Gasteiger charge is 2.12. The zero-order valence-electron chi connectivity index (χ0n) is 15.9. The van der Waals surface area contributed by atoms with Crippen LogP contribution in [-0.2, 0) is 4.79 Å². The molecule has 0 aliphatic carbocycles. The van der Waals surface area contributed by atoms with Crippen LogP contribution in [-0.4, -0.2) is 21.7 Å². The number of oxazole rings is 1. The lowest BCUT2D eigenvalue weighted by atomic mass is 10.0. The van der Waals surface area contributed by atoms with Gasteiger partial charge in [-0.15, -0.1) is 0 Å². The molecule has 0 unspecified atom stereocenters. The molecule has 2 aromatic carbocycles. The lowest BCUT2D eigenvalue weighted by Crippen LogP contribution is -2.13. The number of carbonyl (C=O) groups is 2. The highest BCUT2D eigenvalue weighted by Crippen LogP contribution is 2.26. The van der Waals surface area contributed by atoms with E-state index >= 15 is 0 Å². The number of aryl methyl sites for hydroxylation is 1. The smallest absolute Gasteiger partial charge is 0.227 e. The number of nitrogens with zero attached hydrogens (tertiary/aromatic N) is 2. The summed E-state index contributed by atoms with van der Waals surface area (Å²) in [6, 6.07) is 16.3. The first-order valence-electron chi connectivity index (χ1n) is 9.29. The average Bonchev–Trinajstić information content (AvgIpc) is 3.17. The third kappa shape index (κ3) is 4.38. The maximum Gasteiger partial charge on any atom is 0.227 e. The topological polar surface area (TPSA) is 85.1 Å². The number of pyridine rings is 1. The predicted molar refractivity (Wildman–Crippen MR) is 111 cm³/mol. The van der Waals surface area contributed by atoms with E-state index in [0.29, 0.717) is 28.2 Å². The maximum absolute atomic E-state index is 12.2. The summed E-state index contributed by atoms with van der Waals surface area (Å²) in [4.78, 5) is 32.9. The van der Waals surface area contributed by atoms with Crippen molar-refractivity contribution in [1.29, 1.82) is 0 Å². The van der Waals surface area contributed by atoms with E-state index in [9.17, 15) is 9.59 Å². The predicted octanol–water partition coefficient (Wildman–Crippen LogP) is 4.80. The summed E-state index contributed by atoms with van der Waals surface area (Å²) in [6.45, 7) is 1.97. The molecule has 4 aromatic rings. The van der Waals surface area contributed by atoms with Gasteiger partial charge in [-0.1, -0.05) is 29.8 Å². The lowest BCUT2D eigenvalue weighted by molar-refractivity contribution is -0.116. The van der Waals surface area contributed by atoms with Crippen LogP contribution in [0.1, 0.15) is 28.8 Å². The van der Waals surface area contributed by atoms with Crippen molar-refractivity contribution in [3.8, 4) is 11.5 Å². The molecule has 2 aromatic heterocycles. The fourth-order valence-corrected chi connectivity index (χ4v) is 2.95. The summed E-state index contributed by atoms with van der Waals surface area (Å²) in [6.07, 6.45) is 3.62. The van der Waals surface area contributed by atoms with Crippen LogP contribution in [0.4, 0.5) is 5.69 Å². The summed E-state index contributed by atoms with van der Waals surface area (Å²) in [5, 5.41) is 2.81. The van der Waals surface area contributed by atoms with Crippen molar-refractivity contribution < 1.29 is 14.0 Å². The number of Topliss-reactive ketones (excluding diaryl/α,β-unsaturated/α-hetero) is 1. The minimum atomic E-state index is -0.223. The van der Waals surface area contributed by atoms with E-state index in [4.69, 9.17) is 4.42 Å². The Kier molecular flexibility index (Phi) is 5.16. The van der Waals surface area contributed by atoms with Crippen LogP contribution in [0.15, 0.2) is 71.4 Å². The second kappa shape index (κ2) is 8.06. The van der Waals surface area contributed by atoms with Gasteiger partial charge in [0.25, 0.3) is 0 Å². The van der Waals surface area contributed by atoms with Crippen LogP contribution in [0.2, 0.25) is 0 Å². The molecule has 0 aliphatic rings. The van der Waals surface area contributed by atoms with E-state index in [1.54, 1.807) is 42.7 Å². The van der Waals surface area contributed by atoms with E-state index in [1.165, 1.54) is 0 Å².